The van der Waals surface area contributed by atoms with Gasteiger partial charge in [0.25, 0.3) is 5.91 Å². The molecule has 1 unspecified atom stereocenters. The predicted molar refractivity (Wildman–Crippen MR) is 70.5 cm³/mol. The molecule has 4 heteroatoms. The molecule has 1 amide bonds. The Bertz CT molecular complexity index is 426. The standard InChI is InChI=1S/C13H17BrFNO/c1-8(13(2,3)4)16-12(17)10-7-9(15)5-6-11(10)14/h5-8H,1-4H3,(H,16,17). The summed E-state index contributed by atoms with van der Waals surface area (Å²) in [6.45, 7) is 8.06. The molecule has 0 radical (unpaired) electrons. The van der Waals surface area contributed by atoms with Gasteiger partial charge < -0.3 is 5.32 Å². The van der Waals surface area contributed by atoms with E-state index in [1.165, 1.54) is 18.2 Å². The minimum absolute atomic E-state index is 0.00478. The molecule has 1 rings (SSSR count). The van der Waals surface area contributed by atoms with Gasteiger partial charge in [-0.15, -0.1) is 0 Å². The van der Waals surface area contributed by atoms with E-state index in [1.807, 2.05) is 27.7 Å². The van der Waals surface area contributed by atoms with Crippen LogP contribution in [0.5, 0.6) is 0 Å². The predicted octanol–water partition coefficient (Wildman–Crippen LogP) is 3.75. The largest absolute Gasteiger partial charge is 0.349 e. The lowest BCUT2D eigenvalue weighted by atomic mass is 9.88. The first-order chi connectivity index (χ1) is 7.71. The molecule has 17 heavy (non-hydrogen) atoms. The van der Waals surface area contributed by atoms with Crippen LogP contribution in [0.15, 0.2) is 22.7 Å². The molecule has 0 aliphatic carbocycles. The molecule has 1 atom stereocenters. The fourth-order valence-corrected chi connectivity index (χ4v) is 1.59. The number of benzene rings is 1. The van der Waals surface area contributed by atoms with Crippen molar-refractivity contribution in [3.63, 3.8) is 0 Å². The minimum atomic E-state index is -0.415. The molecule has 0 bridgehead atoms. The third-order valence-corrected chi connectivity index (χ3v) is 3.51. The minimum Gasteiger partial charge on any atom is -0.349 e. The summed E-state index contributed by atoms with van der Waals surface area (Å²) < 4.78 is 13.7. The first kappa shape index (κ1) is 14.2. The van der Waals surface area contributed by atoms with Crippen LogP contribution < -0.4 is 5.32 Å². The second-order valence-electron chi connectivity index (χ2n) is 5.19. The van der Waals surface area contributed by atoms with Crippen molar-refractivity contribution in [3.8, 4) is 0 Å². The number of hydrogen-bond acceptors (Lipinski definition) is 1. The van der Waals surface area contributed by atoms with Crippen molar-refractivity contribution in [1.82, 2.24) is 5.32 Å². The maximum Gasteiger partial charge on any atom is 0.252 e. The molecule has 94 valence electrons. The molecular weight excluding hydrogens is 285 g/mol. The Morgan fingerprint density at radius 1 is 1.41 bits per heavy atom. The van der Waals surface area contributed by atoms with Crippen LogP contribution in [0.25, 0.3) is 0 Å². The Morgan fingerprint density at radius 2 is 2.00 bits per heavy atom. The molecule has 0 aliphatic heterocycles. The van der Waals surface area contributed by atoms with Crippen molar-refractivity contribution in [2.45, 2.75) is 33.7 Å². The van der Waals surface area contributed by atoms with Gasteiger partial charge in [-0.1, -0.05) is 20.8 Å². The highest BCUT2D eigenvalue weighted by Crippen LogP contribution is 2.21. The smallest absolute Gasteiger partial charge is 0.252 e. The Labute approximate surface area is 110 Å². The lowest BCUT2D eigenvalue weighted by Crippen LogP contribution is -2.41. The van der Waals surface area contributed by atoms with E-state index in [-0.39, 0.29) is 17.4 Å². The van der Waals surface area contributed by atoms with Crippen LogP contribution in [0.3, 0.4) is 0 Å². The lowest BCUT2D eigenvalue weighted by Gasteiger charge is -2.28. The molecule has 1 aromatic carbocycles. The Balaban J connectivity index is 2.87. The van der Waals surface area contributed by atoms with Gasteiger partial charge >= 0.3 is 0 Å². The molecule has 1 aromatic rings. The molecule has 0 aromatic heterocycles. The summed E-state index contributed by atoms with van der Waals surface area (Å²) in [7, 11) is 0. The summed E-state index contributed by atoms with van der Waals surface area (Å²) >= 11 is 3.24. The zero-order valence-corrected chi connectivity index (χ0v) is 12.1. The highest BCUT2D eigenvalue weighted by molar-refractivity contribution is 9.10. The monoisotopic (exact) mass is 301 g/mol. The van der Waals surface area contributed by atoms with Crippen molar-refractivity contribution in [1.29, 1.82) is 0 Å². The fourth-order valence-electron chi connectivity index (χ4n) is 1.16. The summed E-state index contributed by atoms with van der Waals surface area (Å²) in [4.78, 5) is 12.0. The van der Waals surface area contributed by atoms with E-state index in [2.05, 4.69) is 21.2 Å². The Hall–Kier alpha value is -0.900. The van der Waals surface area contributed by atoms with Crippen LogP contribution in [0.1, 0.15) is 38.1 Å². The lowest BCUT2D eigenvalue weighted by molar-refractivity contribution is 0.0909. The molecule has 0 spiro atoms. The number of carbonyl (C=O) groups is 1. The highest BCUT2D eigenvalue weighted by atomic mass is 79.9. The van der Waals surface area contributed by atoms with E-state index >= 15 is 0 Å². The fraction of sp³-hybridized carbons (Fsp3) is 0.462. The first-order valence-electron chi connectivity index (χ1n) is 5.47. The second kappa shape index (κ2) is 5.17. The van der Waals surface area contributed by atoms with Crippen LogP contribution in [0.4, 0.5) is 4.39 Å². The summed E-state index contributed by atoms with van der Waals surface area (Å²) in [5, 5.41) is 2.87. The van der Waals surface area contributed by atoms with Gasteiger partial charge in [-0.25, -0.2) is 4.39 Å². The number of rotatable bonds is 2. The van der Waals surface area contributed by atoms with Crippen molar-refractivity contribution in [2.75, 3.05) is 0 Å². The topological polar surface area (TPSA) is 29.1 Å². The molecule has 1 N–H and O–H groups in total. The summed E-state index contributed by atoms with van der Waals surface area (Å²) in [6, 6.07) is 4.08. The van der Waals surface area contributed by atoms with E-state index in [1.54, 1.807) is 0 Å². The van der Waals surface area contributed by atoms with E-state index in [0.717, 1.165) is 0 Å². The quantitative estimate of drug-likeness (QED) is 0.885. The molecule has 0 saturated carbocycles. The van der Waals surface area contributed by atoms with Crippen LogP contribution in [-0.4, -0.2) is 11.9 Å². The van der Waals surface area contributed by atoms with Crippen molar-refractivity contribution >= 4 is 21.8 Å². The average molecular weight is 302 g/mol. The summed E-state index contributed by atoms with van der Waals surface area (Å²) in [6.07, 6.45) is 0. The summed E-state index contributed by atoms with van der Waals surface area (Å²) in [5.41, 5.74) is 0.288. The SMILES string of the molecule is CC(NC(=O)c1cc(F)ccc1Br)C(C)(C)C. The molecule has 0 saturated heterocycles. The van der Waals surface area contributed by atoms with Gasteiger partial charge in [-0.2, -0.15) is 0 Å². The average Bonchev–Trinajstić information content (AvgIpc) is 2.20. The molecular formula is C13H17BrFNO. The van der Waals surface area contributed by atoms with Crippen molar-refractivity contribution < 1.29 is 9.18 Å². The molecule has 2 nitrogen and oxygen atoms in total. The van der Waals surface area contributed by atoms with E-state index < -0.39 is 5.82 Å². The van der Waals surface area contributed by atoms with Gasteiger partial charge in [0.05, 0.1) is 5.56 Å². The molecule has 0 fully saturated rings. The second-order valence-corrected chi connectivity index (χ2v) is 6.04. The van der Waals surface area contributed by atoms with Crippen LogP contribution in [0, 0.1) is 11.2 Å². The number of carbonyl (C=O) groups excluding carboxylic acids is 1. The number of nitrogens with one attached hydrogen (secondary N) is 1. The Morgan fingerprint density at radius 3 is 2.53 bits per heavy atom. The number of amides is 1. The van der Waals surface area contributed by atoms with Gasteiger partial charge in [-0.3, -0.25) is 4.79 Å². The maximum absolute atomic E-state index is 13.1. The highest BCUT2D eigenvalue weighted by Gasteiger charge is 2.23. The number of halogens is 2. The van der Waals surface area contributed by atoms with Gasteiger partial charge in [0, 0.05) is 10.5 Å². The van der Waals surface area contributed by atoms with Crippen molar-refractivity contribution in [3.05, 3.63) is 34.1 Å². The van der Waals surface area contributed by atoms with Crippen molar-refractivity contribution in [2.24, 2.45) is 5.41 Å². The van der Waals surface area contributed by atoms with E-state index in [0.29, 0.717) is 10.0 Å². The number of hydrogen-bond donors (Lipinski definition) is 1. The summed E-state index contributed by atoms with van der Waals surface area (Å²) in [5.74, 6) is -0.680. The zero-order valence-electron chi connectivity index (χ0n) is 10.5. The van der Waals surface area contributed by atoms with Crippen LogP contribution in [0.2, 0.25) is 0 Å². The zero-order chi connectivity index (χ0) is 13.2. The normalized spacial score (nSPS) is 13.3. The molecule has 0 aliphatic rings. The van der Waals surface area contributed by atoms with Crippen LogP contribution >= 0.6 is 15.9 Å². The van der Waals surface area contributed by atoms with Crippen LogP contribution in [-0.2, 0) is 0 Å². The Kier molecular flexibility index (Phi) is 4.31. The van der Waals surface area contributed by atoms with E-state index in [4.69, 9.17) is 0 Å². The van der Waals surface area contributed by atoms with Gasteiger partial charge in [0.2, 0.25) is 0 Å². The van der Waals surface area contributed by atoms with Gasteiger partial charge in [0.15, 0.2) is 0 Å². The van der Waals surface area contributed by atoms with Gasteiger partial charge in [-0.05, 0) is 46.5 Å². The molecule has 0 heterocycles. The first-order valence-corrected chi connectivity index (χ1v) is 6.27. The van der Waals surface area contributed by atoms with Gasteiger partial charge in [0.1, 0.15) is 5.82 Å². The maximum atomic E-state index is 13.1. The third-order valence-electron chi connectivity index (χ3n) is 2.82. The van der Waals surface area contributed by atoms with E-state index in [9.17, 15) is 9.18 Å². The third kappa shape index (κ3) is 3.80.